The Hall–Kier alpha value is -1.63. The molecule has 1 aliphatic rings. The number of carbonyl (C=O) groups is 2. The molecule has 2 N–H and O–H groups in total. The molecule has 7 heteroatoms. The van der Waals surface area contributed by atoms with Crippen LogP contribution in [0.2, 0.25) is 0 Å². The number of hydrogen-bond acceptors (Lipinski definition) is 4. The Labute approximate surface area is 102 Å². The molecule has 2 heterocycles. The first-order chi connectivity index (χ1) is 8.16. The van der Waals surface area contributed by atoms with Crippen LogP contribution in [0.15, 0.2) is 11.6 Å². The summed E-state index contributed by atoms with van der Waals surface area (Å²) in [5.74, 6) is -1.29. The van der Waals surface area contributed by atoms with E-state index in [1.165, 1.54) is 16.2 Å². The van der Waals surface area contributed by atoms with Crippen LogP contribution in [0.3, 0.4) is 0 Å². The first kappa shape index (κ1) is 11.8. The van der Waals surface area contributed by atoms with Crippen LogP contribution >= 0.6 is 11.3 Å². The minimum Gasteiger partial charge on any atom is -0.481 e. The summed E-state index contributed by atoms with van der Waals surface area (Å²) in [7, 11) is 0. The lowest BCUT2D eigenvalue weighted by molar-refractivity contribution is -0.143. The molecule has 92 valence electrons. The zero-order valence-electron chi connectivity index (χ0n) is 9.13. The maximum atomic E-state index is 11.8. The summed E-state index contributed by atoms with van der Waals surface area (Å²) in [5.41, 5.74) is 0. The molecular weight excluding hydrogens is 242 g/mol. The third-order valence-corrected chi connectivity index (χ3v) is 3.39. The fourth-order valence-electron chi connectivity index (χ4n) is 1.82. The second-order valence-corrected chi connectivity index (χ2v) is 4.79. The molecule has 1 aromatic rings. The molecular formula is C10H13N3O3S. The number of piperidine rings is 1. The van der Waals surface area contributed by atoms with Crippen molar-refractivity contribution in [3.8, 4) is 0 Å². The lowest BCUT2D eigenvalue weighted by atomic mass is 9.99. The van der Waals surface area contributed by atoms with Gasteiger partial charge in [0.25, 0.3) is 0 Å². The van der Waals surface area contributed by atoms with Gasteiger partial charge in [-0.05, 0) is 12.8 Å². The van der Waals surface area contributed by atoms with Gasteiger partial charge in [0.15, 0.2) is 5.13 Å². The average Bonchev–Trinajstić information content (AvgIpc) is 2.82. The largest absolute Gasteiger partial charge is 0.481 e. The van der Waals surface area contributed by atoms with Gasteiger partial charge in [-0.15, -0.1) is 11.3 Å². The second kappa shape index (κ2) is 5.13. The molecule has 0 bridgehead atoms. The van der Waals surface area contributed by atoms with Crippen LogP contribution in [-0.2, 0) is 4.79 Å². The predicted molar refractivity (Wildman–Crippen MR) is 63.1 cm³/mol. The Kier molecular flexibility index (Phi) is 3.58. The molecule has 1 fully saturated rings. The number of carbonyl (C=O) groups excluding carboxylic acids is 1. The van der Waals surface area contributed by atoms with Crippen LogP contribution in [0, 0.1) is 5.92 Å². The molecule has 1 atom stereocenters. The number of likely N-dealkylation sites (tertiary alicyclic amines) is 1. The summed E-state index contributed by atoms with van der Waals surface area (Å²) in [6.07, 6.45) is 2.97. The molecule has 1 saturated heterocycles. The lowest BCUT2D eigenvalue weighted by Gasteiger charge is -2.30. The van der Waals surface area contributed by atoms with Crippen LogP contribution < -0.4 is 5.32 Å². The average molecular weight is 255 g/mol. The van der Waals surface area contributed by atoms with Crippen molar-refractivity contribution in [3.63, 3.8) is 0 Å². The molecule has 1 aromatic heterocycles. The number of aliphatic carboxylic acids is 1. The normalized spacial score (nSPS) is 20.0. The maximum absolute atomic E-state index is 11.8. The van der Waals surface area contributed by atoms with E-state index in [2.05, 4.69) is 10.3 Å². The van der Waals surface area contributed by atoms with Crippen LogP contribution in [0.5, 0.6) is 0 Å². The third-order valence-electron chi connectivity index (χ3n) is 2.70. The van der Waals surface area contributed by atoms with Crippen LogP contribution in [0.4, 0.5) is 9.93 Å². The van der Waals surface area contributed by atoms with Gasteiger partial charge in [0, 0.05) is 24.7 Å². The monoisotopic (exact) mass is 255 g/mol. The minimum atomic E-state index is -0.836. The first-order valence-corrected chi connectivity index (χ1v) is 6.23. The zero-order valence-corrected chi connectivity index (χ0v) is 9.94. The highest BCUT2D eigenvalue weighted by atomic mass is 32.1. The van der Waals surface area contributed by atoms with Crippen molar-refractivity contribution < 1.29 is 14.7 Å². The van der Waals surface area contributed by atoms with Crippen molar-refractivity contribution in [3.05, 3.63) is 11.6 Å². The molecule has 17 heavy (non-hydrogen) atoms. The Morgan fingerprint density at radius 1 is 1.59 bits per heavy atom. The fraction of sp³-hybridized carbons (Fsp3) is 0.500. The minimum absolute atomic E-state index is 0.270. The van der Waals surface area contributed by atoms with E-state index in [0.29, 0.717) is 18.1 Å². The number of hydrogen-bond donors (Lipinski definition) is 2. The van der Waals surface area contributed by atoms with Gasteiger partial charge in [0.1, 0.15) is 0 Å². The van der Waals surface area contributed by atoms with Gasteiger partial charge in [-0.2, -0.15) is 0 Å². The van der Waals surface area contributed by atoms with Crippen LogP contribution in [0.1, 0.15) is 12.8 Å². The number of carboxylic acid groups (broad SMARTS) is 1. The molecule has 0 radical (unpaired) electrons. The van der Waals surface area contributed by atoms with E-state index in [0.717, 1.165) is 6.42 Å². The molecule has 2 amide bonds. The molecule has 1 aliphatic heterocycles. The quantitative estimate of drug-likeness (QED) is 0.838. The number of rotatable bonds is 2. The maximum Gasteiger partial charge on any atom is 0.323 e. The standard InChI is InChI=1S/C10H13N3O3S/c14-8(15)7-2-1-4-13(6-7)10(16)12-9-11-3-5-17-9/h3,5,7H,1-2,4,6H2,(H,14,15)(H,11,12,16). The number of nitrogens with one attached hydrogen (secondary N) is 1. The van der Waals surface area contributed by atoms with Gasteiger partial charge in [0.05, 0.1) is 5.92 Å². The Morgan fingerprint density at radius 3 is 3.06 bits per heavy atom. The van der Waals surface area contributed by atoms with E-state index in [-0.39, 0.29) is 12.6 Å². The molecule has 0 aromatic carbocycles. The molecule has 0 spiro atoms. The Morgan fingerprint density at radius 2 is 2.41 bits per heavy atom. The Balaban J connectivity index is 1.93. The molecule has 0 aliphatic carbocycles. The van der Waals surface area contributed by atoms with Crippen molar-refractivity contribution in [1.29, 1.82) is 0 Å². The summed E-state index contributed by atoms with van der Waals surface area (Å²) in [6, 6.07) is -0.272. The van der Waals surface area contributed by atoms with Gasteiger partial charge in [-0.25, -0.2) is 9.78 Å². The number of amides is 2. The van der Waals surface area contributed by atoms with E-state index in [1.807, 2.05) is 0 Å². The lowest BCUT2D eigenvalue weighted by Crippen LogP contribution is -2.44. The van der Waals surface area contributed by atoms with Crippen molar-refractivity contribution in [2.45, 2.75) is 12.8 Å². The topological polar surface area (TPSA) is 82.5 Å². The highest BCUT2D eigenvalue weighted by molar-refractivity contribution is 7.13. The fourth-order valence-corrected chi connectivity index (χ4v) is 2.34. The highest BCUT2D eigenvalue weighted by Crippen LogP contribution is 2.18. The first-order valence-electron chi connectivity index (χ1n) is 5.35. The van der Waals surface area contributed by atoms with Crippen LogP contribution in [-0.4, -0.2) is 40.1 Å². The summed E-state index contributed by atoms with van der Waals surface area (Å²) in [5, 5.41) is 13.9. The smallest absolute Gasteiger partial charge is 0.323 e. The number of aromatic nitrogens is 1. The van der Waals surface area contributed by atoms with E-state index < -0.39 is 11.9 Å². The van der Waals surface area contributed by atoms with E-state index in [4.69, 9.17) is 5.11 Å². The zero-order chi connectivity index (χ0) is 12.3. The van der Waals surface area contributed by atoms with Gasteiger partial charge >= 0.3 is 12.0 Å². The highest BCUT2D eigenvalue weighted by Gasteiger charge is 2.28. The molecule has 1 unspecified atom stereocenters. The van der Waals surface area contributed by atoms with Crippen LogP contribution in [0.25, 0.3) is 0 Å². The van der Waals surface area contributed by atoms with Crippen molar-refractivity contribution in [2.75, 3.05) is 18.4 Å². The second-order valence-electron chi connectivity index (χ2n) is 3.89. The van der Waals surface area contributed by atoms with Crippen molar-refractivity contribution in [1.82, 2.24) is 9.88 Å². The molecule has 6 nitrogen and oxygen atoms in total. The van der Waals surface area contributed by atoms with Gasteiger partial charge in [0.2, 0.25) is 0 Å². The van der Waals surface area contributed by atoms with Crippen molar-refractivity contribution in [2.24, 2.45) is 5.92 Å². The summed E-state index contributed by atoms with van der Waals surface area (Å²) in [4.78, 5) is 28.2. The van der Waals surface area contributed by atoms with E-state index in [9.17, 15) is 9.59 Å². The number of nitrogens with zero attached hydrogens (tertiary/aromatic N) is 2. The number of anilines is 1. The van der Waals surface area contributed by atoms with Gasteiger partial charge in [-0.1, -0.05) is 0 Å². The SMILES string of the molecule is O=C(O)C1CCCN(C(=O)Nc2nccs2)C1. The van der Waals surface area contributed by atoms with Gasteiger partial charge in [-0.3, -0.25) is 10.1 Å². The van der Waals surface area contributed by atoms with E-state index >= 15 is 0 Å². The summed E-state index contributed by atoms with van der Waals surface area (Å²) < 4.78 is 0. The van der Waals surface area contributed by atoms with E-state index in [1.54, 1.807) is 11.6 Å². The Bertz CT molecular complexity index is 407. The van der Waals surface area contributed by atoms with Gasteiger partial charge < -0.3 is 10.0 Å². The summed E-state index contributed by atoms with van der Waals surface area (Å²) in [6.45, 7) is 0.869. The summed E-state index contributed by atoms with van der Waals surface area (Å²) >= 11 is 1.34. The predicted octanol–water partition coefficient (Wildman–Crippen LogP) is 1.47. The number of carboxylic acids is 1. The number of urea groups is 1. The molecule has 2 rings (SSSR count). The number of thiazole rings is 1. The molecule has 0 saturated carbocycles. The van der Waals surface area contributed by atoms with Crippen molar-refractivity contribution >= 4 is 28.5 Å². The third kappa shape index (κ3) is 2.94.